The van der Waals surface area contributed by atoms with Gasteiger partial charge in [0.2, 0.25) is 0 Å². The van der Waals surface area contributed by atoms with Crippen LogP contribution < -0.4 is 11.3 Å². The van der Waals surface area contributed by atoms with Gasteiger partial charge < -0.3 is 5.73 Å². The number of hydrogen-bond donors (Lipinski definition) is 2. The average molecular weight is 296 g/mol. The Balaban J connectivity index is 2.53. The van der Waals surface area contributed by atoms with Gasteiger partial charge in [0.05, 0.1) is 11.4 Å². The second kappa shape index (κ2) is 4.79. The lowest BCUT2D eigenvalue weighted by Crippen LogP contribution is -2.16. The molecule has 0 spiro atoms. The molecular weight excluding hydrogens is 282 g/mol. The van der Waals surface area contributed by atoms with Crippen molar-refractivity contribution in [1.29, 1.82) is 0 Å². The summed E-state index contributed by atoms with van der Waals surface area (Å²) < 4.78 is 2.40. The number of nitrogen functional groups attached to an aromatic ring is 1. The largest absolute Gasteiger partial charge is 0.393 e. The molecule has 17 heavy (non-hydrogen) atoms. The molecule has 0 aliphatic carbocycles. The summed E-state index contributed by atoms with van der Waals surface area (Å²) in [5.74, 6) is 0. The summed E-state index contributed by atoms with van der Waals surface area (Å²) in [6, 6.07) is 7.51. The number of aromatic amines is 1. The van der Waals surface area contributed by atoms with E-state index in [1.807, 2.05) is 31.2 Å². The first-order valence-corrected chi connectivity index (χ1v) is 6.28. The molecule has 2 rings (SSSR count). The lowest BCUT2D eigenvalue weighted by atomic mass is 10.2. The second-order valence-electron chi connectivity index (χ2n) is 3.87. The first-order valence-electron chi connectivity index (χ1n) is 5.48. The van der Waals surface area contributed by atoms with E-state index in [4.69, 9.17) is 5.73 Å². The molecule has 0 aliphatic rings. The maximum atomic E-state index is 12.0. The predicted octanol–water partition coefficient (Wildman–Crippen LogP) is 2.46. The first-order chi connectivity index (χ1) is 8.13. The minimum Gasteiger partial charge on any atom is -0.393 e. The van der Waals surface area contributed by atoms with E-state index in [1.165, 1.54) is 4.68 Å². The minimum atomic E-state index is -0.188. The molecule has 5 heteroatoms. The predicted molar refractivity (Wildman–Crippen MR) is 72.5 cm³/mol. The van der Waals surface area contributed by atoms with E-state index >= 15 is 0 Å². The maximum absolute atomic E-state index is 12.0. The van der Waals surface area contributed by atoms with Gasteiger partial charge in [-0.2, -0.15) is 0 Å². The topological polar surface area (TPSA) is 63.8 Å². The van der Waals surface area contributed by atoms with Crippen LogP contribution in [0.15, 0.2) is 33.5 Å². The van der Waals surface area contributed by atoms with Crippen molar-refractivity contribution in [3.05, 3.63) is 44.8 Å². The number of H-pyrrole nitrogens is 1. The molecule has 0 bridgehead atoms. The molecule has 0 radical (unpaired) electrons. The molecule has 0 atom stereocenters. The fourth-order valence-electron chi connectivity index (χ4n) is 1.73. The zero-order valence-corrected chi connectivity index (χ0v) is 11.1. The van der Waals surface area contributed by atoms with E-state index in [0.29, 0.717) is 5.69 Å². The summed E-state index contributed by atoms with van der Waals surface area (Å²) in [4.78, 5) is 12.0. The number of hydrogen-bond acceptors (Lipinski definition) is 2. The number of nitrogens with two attached hydrogens (primary N) is 1. The smallest absolute Gasteiger partial charge is 0.294 e. The van der Waals surface area contributed by atoms with Crippen LogP contribution in [0, 0.1) is 0 Å². The van der Waals surface area contributed by atoms with Crippen LogP contribution in [-0.2, 0) is 6.42 Å². The summed E-state index contributed by atoms with van der Waals surface area (Å²) in [6.45, 7) is 2.05. The molecule has 1 aromatic heterocycles. The number of nitrogens with one attached hydrogen (secondary N) is 1. The molecule has 3 N–H and O–H groups in total. The average Bonchev–Trinajstić information content (AvgIpc) is 2.58. The van der Waals surface area contributed by atoms with Crippen LogP contribution in [0.4, 0.5) is 5.69 Å². The van der Waals surface area contributed by atoms with Gasteiger partial charge in [-0.3, -0.25) is 9.89 Å². The Labute approximate surface area is 108 Å². The fraction of sp³-hybridized carbons (Fsp3) is 0.250. The van der Waals surface area contributed by atoms with Gasteiger partial charge in [0.15, 0.2) is 0 Å². The second-order valence-corrected chi connectivity index (χ2v) is 4.79. The Bertz CT molecular complexity index is 586. The van der Waals surface area contributed by atoms with E-state index in [1.54, 1.807) is 0 Å². The SMILES string of the molecule is CCCc1[nH]n(-c2cccc(Br)c2)c(=O)c1N. The highest BCUT2D eigenvalue weighted by atomic mass is 79.9. The van der Waals surface area contributed by atoms with Crippen molar-refractivity contribution in [2.45, 2.75) is 19.8 Å². The van der Waals surface area contributed by atoms with Crippen molar-refractivity contribution in [2.24, 2.45) is 0 Å². The maximum Gasteiger partial charge on any atom is 0.294 e. The summed E-state index contributed by atoms with van der Waals surface area (Å²) in [7, 11) is 0. The number of aryl methyl sites for hydroxylation is 1. The number of halogens is 1. The lowest BCUT2D eigenvalue weighted by Gasteiger charge is -2.01. The van der Waals surface area contributed by atoms with Crippen molar-refractivity contribution < 1.29 is 0 Å². The standard InChI is InChI=1S/C12H14BrN3O/c1-2-4-10-11(14)12(17)16(15-10)9-6-3-5-8(13)7-9/h3,5-7,15H,2,4,14H2,1H3. The van der Waals surface area contributed by atoms with E-state index < -0.39 is 0 Å². The molecule has 0 saturated carbocycles. The third-order valence-corrected chi connectivity index (χ3v) is 3.07. The zero-order valence-electron chi connectivity index (χ0n) is 9.53. The van der Waals surface area contributed by atoms with Gasteiger partial charge in [0.1, 0.15) is 5.69 Å². The molecule has 0 amide bonds. The van der Waals surface area contributed by atoms with Crippen LogP contribution in [0.25, 0.3) is 5.69 Å². The van der Waals surface area contributed by atoms with E-state index in [-0.39, 0.29) is 5.56 Å². The van der Waals surface area contributed by atoms with Crippen LogP contribution in [0.1, 0.15) is 19.0 Å². The molecule has 90 valence electrons. The van der Waals surface area contributed by atoms with E-state index in [2.05, 4.69) is 21.0 Å². The Kier molecular flexibility index (Phi) is 3.38. The number of aromatic nitrogens is 2. The summed E-state index contributed by atoms with van der Waals surface area (Å²) in [5.41, 5.74) is 7.49. The van der Waals surface area contributed by atoms with Gasteiger partial charge in [-0.25, -0.2) is 4.68 Å². The van der Waals surface area contributed by atoms with Crippen molar-refractivity contribution in [2.75, 3.05) is 5.73 Å². The molecule has 0 unspecified atom stereocenters. The van der Waals surface area contributed by atoms with Crippen LogP contribution in [-0.4, -0.2) is 9.78 Å². The van der Waals surface area contributed by atoms with E-state index in [0.717, 1.165) is 28.7 Å². The van der Waals surface area contributed by atoms with Crippen LogP contribution in [0.5, 0.6) is 0 Å². The van der Waals surface area contributed by atoms with Gasteiger partial charge in [-0.05, 0) is 24.6 Å². The summed E-state index contributed by atoms with van der Waals surface area (Å²) >= 11 is 3.38. The molecule has 1 aromatic carbocycles. The lowest BCUT2D eigenvalue weighted by molar-refractivity contribution is 0.793. The van der Waals surface area contributed by atoms with Crippen LogP contribution in [0.3, 0.4) is 0 Å². The Morgan fingerprint density at radius 1 is 1.47 bits per heavy atom. The third kappa shape index (κ3) is 2.29. The van der Waals surface area contributed by atoms with Gasteiger partial charge in [0.25, 0.3) is 5.56 Å². The van der Waals surface area contributed by atoms with Crippen molar-refractivity contribution in [1.82, 2.24) is 9.78 Å². The third-order valence-electron chi connectivity index (χ3n) is 2.57. The number of nitrogens with zero attached hydrogens (tertiary/aromatic N) is 1. The van der Waals surface area contributed by atoms with Crippen LogP contribution >= 0.6 is 15.9 Å². The molecule has 0 aliphatic heterocycles. The number of anilines is 1. The molecule has 0 fully saturated rings. The van der Waals surface area contributed by atoms with Gasteiger partial charge >= 0.3 is 0 Å². The molecule has 4 nitrogen and oxygen atoms in total. The normalized spacial score (nSPS) is 10.7. The van der Waals surface area contributed by atoms with Crippen LogP contribution in [0.2, 0.25) is 0 Å². The van der Waals surface area contributed by atoms with Gasteiger partial charge in [-0.1, -0.05) is 35.3 Å². The number of benzene rings is 1. The summed E-state index contributed by atoms with van der Waals surface area (Å²) in [6.07, 6.45) is 1.73. The zero-order chi connectivity index (χ0) is 12.4. The summed E-state index contributed by atoms with van der Waals surface area (Å²) in [5, 5.41) is 3.05. The Morgan fingerprint density at radius 3 is 2.88 bits per heavy atom. The first kappa shape index (κ1) is 12.0. The fourth-order valence-corrected chi connectivity index (χ4v) is 2.12. The Hall–Kier alpha value is -1.49. The highest BCUT2D eigenvalue weighted by molar-refractivity contribution is 9.10. The number of rotatable bonds is 3. The molecule has 1 heterocycles. The Morgan fingerprint density at radius 2 is 2.24 bits per heavy atom. The molecule has 2 aromatic rings. The highest BCUT2D eigenvalue weighted by Gasteiger charge is 2.11. The van der Waals surface area contributed by atoms with Crippen molar-refractivity contribution in [3.8, 4) is 5.69 Å². The quantitative estimate of drug-likeness (QED) is 0.914. The monoisotopic (exact) mass is 295 g/mol. The van der Waals surface area contributed by atoms with Gasteiger partial charge in [0, 0.05) is 4.47 Å². The van der Waals surface area contributed by atoms with Crippen molar-refractivity contribution in [3.63, 3.8) is 0 Å². The molecule has 0 saturated heterocycles. The minimum absolute atomic E-state index is 0.188. The van der Waals surface area contributed by atoms with Crippen molar-refractivity contribution >= 4 is 21.6 Å². The van der Waals surface area contributed by atoms with E-state index in [9.17, 15) is 4.79 Å². The van der Waals surface area contributed by atoms with Gasteiger partial charge in [-0.15, -0.1) is 0 Å². The molecular formula is C12H14BrN3O. The highest BCUT2D eigenvalue weighted by Crippen LogP contribution is 2.15.